The number of rotatable bonds is 3. The van der Waals surface area contributed by atoms with Crippen LogP contribution >= 0.6 is 11.6 Å². The van der Waals surface area contributed by atoms with Crippen LogP contribution in [0.25, 0.3) is 10.9 Å². The lowest BCUT2D eigenvalue weighted by atomic mass is 10.0. The third-order valence-corrected chi connectivity index (χ3v) is 4.62. The number of nitriles is 1. The number of fused-ring (bicyclic) bond motifs is 1. The number of pyridine rings is 1. The summed E-state index contributed by atoms with van der Waals surface area (Å²) in [7, 11) is 0. The quantitative estimate of drug-likeness (QED) is 0.874. The summed E-state index contributed by atoms with van der Waals surface area (Å²) in [6.07, 6.45) is 2.75. The van der Waals surface area contributed by atoms with Crippen LogP contribution in [0.4, 0.5) is 10.5 Å². The molecule has 1 aromatic heterocycles. The second-order valence-electron chi connectivity index (χ2n) is 6.66. The van der Waals surface area contributed by atoms with Gasteiger partial charge >= 0.3 is 6.09 Å². The second kappa shape index (κ2) is 7.79. The predicted molar refractivity (Wildman–Crippen MR) is 101 cm³/mol. The molecule has 1 aromatic carbocycles. The van der Waals surface area contributed by atoms with Gasteiger partial charge in [0, 0.05) is 35.7 Å². The molecular formula is C19H21ClN4O2. The highest BCUT2D eigenvalue weighted by Crippen LogP contribution is 2.30. The minimum absolute atomic E-state index is 0.121. The van der Waals surface area contributed by atoms with Gasteiger partial charge in [-0.3, -0.25) is 4.98 Å². The zero-order chi connectivity index (χ0) is 18.7. The van der Waals surface area contributed by atoms with Crippen LogP contribution in [0, 0.1) is 11.3 Å². The molecule has 0 radical (unpaired) electrons. The number of carbonyl (C=O) groups is 1. The lowest BCUT2D eigenvalue weighted by Gasteiger charge is -2.33. The van der Waals surface area contributed by atoms with Crippen molar-refractivity contribution in [1.82, 2.24) is 9.88 Å². The highest BCUT2D eigenvalue weighted by atomic mass is 35.5. The van der Waals surface area contributed by atoms with Gasteiger partial charge in [0.05, 0.1) is 22.9 Å². The Kier molecular flexibility index (Phi) is 5.48. The molecule has 1 aliphatic rings. The van der Waals surface area contributed by atoms with Crippen LogP contribution in [0.15, 0.2) is 24.4 Å². The van der Waals surface area contributed by atoms with Crippen LogP contribution in [0.1, 0.15) is 32.3 Å². The molecule has 136 valence electrons. The third-order valence-electron chi connectivity index (χ3n) is 4.39. The van der Waals surface area contributed by atoms with Gasteiger partial charge in [-0.15, -0.1) is 0 Å². The van der Waals surface area contributed by atoms with E-state index in [1.54, 1.807) is 17.2 Å². The molecule has 7 heteroatoms. The summed E-state index contributed by atoms with van der Waals surface area (Å²) >= 11 is 6.13. The second-order valence-corrected chi connectivity index (χ2v) is 7.09. The lowest BCUT2D eigenvalue weighted by molar-refractivity contribution is 0.0701. The first-order valence-corrected chi connectivity index (χ1v) is 9.06. The summed E-state index contributed by atoms with van der Waals surface area (Å²) in [5.74, 6) is 0. The highest BCUT2D eigenvalue weighted by Gasteiger charge is 2.25. The number of likely N-dealkylation sites (tertiary alicyclic amines) is 1. The van der Waals surface area contributed by atoms with E-state index in [2.05, 4.69) is 16.4 Å². The molecule has 26 heavy (non-hydrogen) atoms. The Labute approximate surface area is 157 Å². The molecule has 3 rings (SSSR count). The summed E-state index contributed by atoms with van der Waals surface area (Å²) in [5.41, 5.74) is 2.03. The fraction of sp³-hybridized carbons (Fsp3) is 0.421. The smallest absolute Gasteiger partial charge is 0.410 e. The van der Waals surface area contributed by atoms with Gasteiger partial charge < -0.3 is 15.0 Å². The first kappa shape index (κ1) is 18.3. The number of ether oxygens (including phenoxy) is 1. The Bertz CT molecular complexity index is 854. The van der Waals surface area contributed by atoms with E-state index >= 15 is 0 Å². The van der Waals surface area contributed by atoms with Crippen molar-refractivity contribution >= 4 is 34.3 Å². The van der Waals surface area contributed by atoms with Gasteiger partial charge in [0.2, 0.25) is 0 Å². The van der Waals surface area contributed by atoms with Crippen molar-refractivity contribution in [2.75, 3.05) is 18.4 Å². The Morgan fingerprint density at radius 1 is 1.42 bits per heavy atom. The maximum absolute atomic E-state index is 12.0. The van der Waals surface area contributed by atoms with E-state index in [9.17, 15) is 10.1 Å². The van der Waals surface area contributed by atoms with Gasteiger partial charge in [0.25, 0.3) is 0 Å². The zero-order valence-corrected chi connectivity index (χ0v) is 15.6. The lowest BCUT2D eigenvalue weighted by Crippen LogP contribution is -2.43. The Balaban J connectivity index is 1.75. The van der Waals surface area contributed by atoms with Crippen LogP contribution in [-0.2, 0) is 4.74 Å². The van der Waals surface area contributed by atoms with E-state index in [1.165, 1.54) is 0 Å². The number of benzene rings is 1. The van der Waals surface area contributed by atoms with Gasteiger partial charge in [0.15, 0.2) is 0 Å². The zero-order valence-electron chi connectivity index (χ0n) is 14.8. The van der Waals surface area contributed by atoms with Gasteiger partial charge in [-0.25, -0.2) is 4.79 Å². The normalized spacial score (nSPS) is 15.1. The summed E-state index contributed by atoms with van der Waals surface area (Å²) in [6, 6.07) is 7.80. The standard InChI is InChI=1S/C19H21ClN4O2/c1-12(2)26-19(25)24-7-5-15(6-8-24)23-18-13(10-21)11-22-17-4-3-14(20)9-16(17)18/h3-4,9,11-12,15H,5-8H2,1-2H3,(H,22,23). The van der Waals surface area contributed by atoms with Crippen molar-refractivity contribution in [2.45, 2.75) is 38.8 Å². The number of amides is 1. The fourth-order valence-electron chi connectivity index (χ4n) is 3.09. The van der Waals surface area contributed by atoms with Crippen molar-refractivity contribution < 1.29 is 9.53 Å². The van der Waals surface area contributed by atoms with E-state index in [0.717, 1.165) is 29.4 Å². The van der Waals surface area contributed by atoms with Gasteiger partial charge in [-0.2, -0.15) is 5.26 Å². The molecule has 0 saturated carbocycles. The molecule has 0 bridgehead atoms. The molecule has 1 saturated heterocycles. The van der Waals surface area contributed by atoms with E-state index in [4.69, 9.17) is 16.3 Å². The Morgan fingerprint density at radius 2 is 2.15 bits per heavy atom. The molecule has 2 heterocycles. The largest absolute Gasteiger partial charge is 0.447 e. The van der Waals surface area contributed by atoms with E-state index < -0.39 is 0 Å². The van der Waals surface area contributed by atoms with Gasteiger partial charge in [0.1, 0.15) is 6.07 Å². The monoisotopic (exact) mass is 372 g/mol. The molecule has 1 aliphatic heterocycles. The van der Waals surface area contributed by atoms with Crippen LogP contribution < -0.4 is 5.32 Å². The summed E-state index contributed by atoms with van der Waals surface area (Å²) in [4.78, 5) is 18.0. The highest BCUT2D eigenvalue weighted by molar-refractivity contribution is 6.31. The number of hydrogen-bond acceptors (Lipinski definition) is 5. The number of anilines is 1. The number of carbonyl (C=O) groups excluding carboxylic acids is 1. The Morgan fingerprint density at radius 3 is 2.81 bits per heavy atom. The summed E-state index contributed by atoms with van der Waals surface area (Å²) < 4.78 is 5.25. The number of nitrogens with zero attached hydrogens (tertiary/aromatic N) is 3. The topological polar surface area (TPSA) is 78.2 Å². The first-order chi connectivity index (χ1) is 12.5. The first-order valence-electron chi connectivity index (χ1n) is 8.68. The fourth-order valence-corrected chi connectivity index (χ4v) is 3.26. The number of halogens is 1. The molecule has 6 nitrogen and oxygen atoms in total. The molecule has 2 aromatic rings. The van der Waals surface area contributed by atoms with E-state index in [1.807, 2.05) is 26.0 Å². The van der Waals surface area contributed by atoms with Crippen LogP contribution in [-0.4, -0.2) is 41.2 Å². The average molecular weight is 373 g/mol. The SMILES string of the molecule is CC(C)OC(=O)N1CCC(Nc2c(C#N)cnc3ccc(Cl)cc23)CC1. The molecule has 0 atom stereocenters. The van der Waals surface area contributed by atoms with Crippen molar-refractivity contribution in [1.29, 1.82) is 5.26 Å². The van der Waals surface area contributed by atoms with Crippen LogP contribution in [0.5, 0.6) is 0 Å². The van der Waals surface area contributed by atoms with E-state index in [-0.39, 0.29) is 18.2 Å². The van der Waals surface area contributed by atoms with Crippen molar-refractivity contribution in [3.63, 3.8) is 0 Å². The van der Waals surface area contributed by atoms with Crippen LogP contribution in [0.3, 0.4) is 0 Å². The van der Waals surface area contributed by atoms with Crippen LogP contribution in [0.2, 0.25) is 5.02 Å². The number of nitrogens with one attached hydrogen (secondary N) is 1. The predicted octanol–water partition coefficient (Wildman–Crippen LogP) is 4.18. The Hall–Kier alpha value is -2.52. The van der Waals surface area contributed by atoms with Crippen molar-refractivity contribution in [3.8, 4) is 6.07 Å². The maximum Gasteiger partial charge on any atom is 0.410 e. The number of piperidine rings is 1. The third kappa shape index (κ3) is 4.00. The minimum Gasteiger partial charge on any atom is -0.447 e. The van der Waals surface area contributed by atoms with Crippen molar-refractivity contribution in [3.05, 3.63) is 35.0 Å². The minimum atomic E-state index is -0.266. The van der Waals surface area contributed by atoms with Crippen molar-refractivity contribution in [2.24, 2.45) is 0 Å². The molecule has 0 aliphatic carbocycles. The maximum atomic E-state index is 12.0. The molecule has 1 fully saturated rings. The average Bonchev–Trinajstić information content (AvgIpc) is 2.62. The van der Waals surface area contributed by atoms with Gasteiger partial charge in [-0.05, 0) is 44.9 Å². The summed E-state index contributed by atoms with van der Waals surface area (Å²) in [6.45, 7) is 4.92. The molecule has 1 amide bonds. The molecular weight excluding hydrogens is 352 g/mol. The molecule has 0 spiro atoms. The molecule has 1 N–H and O–H groups in total. The van der Waals surface area contributed by atoms with Gasteiger partial charge in [-0.1, -0.05) is 11.6 Å². The number of hydrogen-bond donors (Lipinski definition) is 1. The number of aromatic nitrogens is 1. The molecule has 0 unspecified atom stereocenters. The van der Waals surface area contributed by atoms with E-state index in [0.29, 0.717) is 23.7 Å². The summed E-state index contributed by atoms with van der Waals surface area (Å²) in [5, 5.41) is 14.3.